The van der Waals surface area contributed by atoms with Crippen LogP contribution in [0, 0.1) is 18.8 Å². The lowest BCUT2D eigenvalue weighted by Gasteiger charge is -2.37. The number of alkyl halides is 3. The number of fused-ring (bicyclic) bond motifs is 7. The first-order valence-electron chi connectivity index (χ1n) is 10.9. The van der Waals surface area contributed by atoms with Gasteiger partial charge in [-0.2, -0.15) is 13.2 Å². The third kappa shape index (κ3) is 2.40. The number of rotatable bonds is 1. The SMILES string of the molecule is Cc1ccc2c(c1)[C@@]1(C(=O)N2)[C@H]2C(=O)N(c3ccccc3C(F)(F)F)C(=O)[C@@H]2[C@H]2CCCN21. The van der Waals surface area contributed by atoms with Gasteiger partial charge in [-0.25, -0.2) is 4.90 Å². The van der Waals surface area contributed by atoms with Gasteiger partial charge in [-0.1, -0.05) is 29.8 Å². The van der Waals surface area contributed by atoms with Crippen LogP contribution in [0.4, 0.5) is 24.5 Å². The Bertz CT molecular complexity index is 1240. The zero-order valence-electron chi connectivity index (χ0n) is 17.6. The highest BCUT2D eigenvalue weighted by Crippen LogP contribution is 2.61. The fraction of sp³-hybridized carbons (Fsp3) is 0.375. The molecule has 170 valence electrons. The van der Waals surface area contributed by atoms with Crippen molar-refractivity contribution < 1.29 is 27.6 Å². The van der Waals surface area contributed by atoms with Gasteiger partial charge >= 0.3 is 6.18 Å². The van der Waals surface area contributed by atoms with Gasteiger partial charge in [0.25, 0.3) is 0 Å². The summed E-state index contributed by atoms with van der Waals surface area (Å²) in [6.07, 6.45) is -3.39. The van der Waals surface area contributed by atoms with Gasteiger partial charge < -0.3 is 5.32 Å². The van der Waals surface area contributed by atoms with Crippen LogP contribution in [-0.2, 0) is 26.1 Å². The molecule has 4 atom stereocenters. The zero-order valence-corrected chi connectivity index (χ0v) is 17.6. The second-order valence-electron chi connectivity index (χ2n) is 9.20. The first kappa shape index (κ1) is 20.4. The van der Waals surface area contributed by atoms with Gasteiger partial charge in [0.2, 0.25) is 17.7 Å². The summed E-state index contributed by atoms with van der Waals surface area (Å²) < 4.78 is 41.2. The van der Waals surface area contributed by atoms with E-state index < -0.39 is 52.5 Å². The standard InChI is InChI=1S/C24H20F3N3O3/c1-12-8-9-15-14(11-12)23(22(33)28-15)19-18(17-7-4-10-29(17)23)20(31)30(21(19)32)16-6-3-2-5-13(16)24(25,26)27/h2-3,5-6,8-9,11,17-19H,4,7,10H2,1H3,(H,28,33)/t17-,18-,19-,23+/m1/s1. The second-order valence-corrected chi connectivity index (χ2v) is 9.20. The number of carbonyl (C=O) groups excluding carboxylic acids is 3. The van der Waals surface area contributed by atoms with Crippen molar-refractivity contribution in [1.29, 1.82) is 0 Å². The van der Waals surface area contributed by atoms with Gasteiger partial charge in [0.1, 0.15) is 5.54 Å². The number of imide groups is 1. The molecule has 0 unspecified atom stereocenters. The van der Waals surface area contributed by atoms with Crippen molar-refractivity contribution in [3.8, 4) is 0 Å². The van der Waals surface area contributed by atoms with Crippen LogP contribution >= 0.6 is 0 Å². The van der Waals surface area contributed by atoms with E-state index in [9.17, 15) is 27.6 Å². The molecule has 6 rings (SSSR count). The van der Waals surface area contributed by atoms with Crippen LogP contribution in [0.1, 0.15) is 29.5 Å². The van der Waals surface area contributed by atoms with Crippen LogP contribution < -0.4 is 10.2 Å². The van der Waals surface area contributed by atoms with Gasteiger partial charge in [0, 0.05) is 17.3 Å². The third-order valence-electron chi connectivity index (χ3n) is 7.60. The van der Waals surface area contributed by atoms with Crippen molar-refractivity contribution >= 4 is 29.1 Å². The molecule has 0 saturated carbocycles. The van der Waals surface area contributed by atoms with E-state index in [1.807, 2.05) is 24.0 Å². The molecule has 33 heavy (non-hydrogen) atoms. The number of carbonyl (C=O) groups is 3. The molecule has 4 aliphatic rings. The average molecular weight is 455 g/mol. The monoisotopic (exact) mass is 455 g/mol. The Morgan fingerprint density at radius 1 is 1.06 bits per heavy atom. The number of nitrogens with one attached hydrogen (secondary N) is 1. The molecule has 6 nitrogen and oxygen atoms in total. The Balaban J connectivity index is 1.56. The van der Waals surface area contributed by atoms with Crippen molar-refractivity contribution in [3.63, 3.8) is 0 Å². The summed E-state index contributed by atoms with van der Waals surface area (Å²) in [5.41, 5.74) is -0.833. The number of halogens is 3. The Morgan fingerprint density at radius 2 is 1.82 bits per heavy atom. The van der Waals surface area contributed by atoms with Crippen LogP contribution in [0.3, 0.4) is 0 Å². The van der Waals surface area contributed by atoms with Crippen LogP contribution in [-0.4, -0.2) is 35.2 Å². The quantitative estimate of drug-likeness (QED) is 0.669. The molecule has 2 aromatic rings. The largest absolute Gasteiger partial charge is 0.418 e. The highest BCUT2D eigenvalue weighted by molar-refractivity contribution is 6.26. The lowest BCUT2D eigenvalue weighted by Crippen LogP contribution is -2.54. The Morgan fingerprint density at radius 3 is 2.58 bits per heavy atom. The van der Waals surface area contributed by atoms with Gasteiger partial charge in [0.05, 0.1) is 23.1 Å². The van der Waals surface area contributed by atoms with Gasteiger partial charge in [-0.15, -0.1) is 0 Å². The second kappa shape index (κ2) is 6.44. The highest BCUT2D eigenvalue weighted by atomic mass is 19.4. The molecule has 3 fully saturated rings. The van der Waals surface area contributed by atoms with Crippen molar-refractivity contribution in [3.05, 3.63) is 59.2 Å². The van der Waals surface area contributed by atoms with Crippen molar-refractivity contribution in [1.82, 2.24) is 4.90 Å². The number of benzene rings is 2. The first-order valence-corrected chi connectivity index (χ1v) is 10.9. The highest BCUT2D eigenvalue weighted by Gasteiger charge is 2.74. The van der Waals surface area contributed by atoms with Crippen LogP contribution in [0.25, 0.3) is 0 Å². The molecule has 1 N–H and O–H groups in total. The minimum atomic E-state index is -4.74. The normalized spacial score (nSPS) is 30.7. The van der Waals surface area contributed by atoms with E-state index >= 15 is 0 Å². The number of anilines is 2. The molecule has 4 heterocycles. The van der Waals surface area contributed by atoms with E-state index in [-0.39, 0.29) is 6.04 Å². The molecule has 0 aliphatic carbocycles. The molecule has 2 aromatic carbocycles. The molecule has 9 heteroatoms. The van der Waals surface area contributed by atoms with E-state index in [1.54, 1.807) is 6.07 Å². The third-order valence-corrected chi connectivity index (χ3v) is 7.60. The number of nitrogens with zero attached hydrogens (tertiary/aromatic N) is 2. The minimum Gasteiger partial charge on any atom is -0.324 e. The van der Waals surface area contributed by atoms with Gasteiger partial charge in [-0.05, 0) is 44.5 Å². The lowest BCUT2D eigenvalue weighted by molar-refractivity contribution is -0.138. The maximum absolute atomic E-state index is 13.8. The van der Waals surface area contributed by atoms with E-state index in [2.05, 4.69) is 5.32 Å². The zero-order chi connectivity index (χ0) is 23.3. The Hall–Kier alpha value is -3.20. The van der Waals surface area contributed by atoms with Crippen LogP contribution in [0.2, 0.25) is 0 Å². The summed E-state index contributed by atoms with van der Waals surface area (Å²) in [6, 6.07) is 9.68. The van der Waals surface area contributed by atoms with E-state index in [0.29, 0.717) is 29.1 Å². The smallest absolute Gasteiger partial charge is 0.324 e. The summed E-state index contributed by atoms with van der Waals surface area (Å²) in [7, 11) is 0. The average Bonchev–Trinajstić information content (AvgIpc) is 3.46. The van der Waals surface area contributed by atoms with E-state index in [1.165, 1.54) is 12.1 Å². The van der Waals surface area contributed by atoms with Crippen molar-refractivity contribution in [2.45, 2.75) is 37.5 Å². The maximum atomic E-state index is 13.8. The molecule has 0 radical (unpaired) electrons. The predicted octanol–water partition coefficient (Wildman–Crippen LogP) is 3.45. The topological polar surface area (TPSA) is 69.7 Å². The minimum absolute atomic E-state index is 0.383. The summed E-state index contributed by atoms with van der Waals surface area (Å²) >= 11 is 0. The molecular weight excluding hydrogens is 435 g/mol. The first-order chi connectivity index (χ1) is 15.7. The maximum Gasteiger partial charge on any atom is 0.418 e. The number of hydrogen-bond acceptors (Lipinski definition) is 4. The van der Waals surface area contributed by atoms with E-state index in [0.717, 1.165) is 24.1 Å². The lowest BCUT2D eigenvalue weighted by atomic mass is 9.75. The predicted molar refractivity (Wildman–Crippen MR) is 112 cm³/mol. The number of aryl methyl sites for hydroxylation is 1. The molecule has 4 aliphatic heterocycles. The fourth-order valence-corrected chi connectivity index (χ4v) is 6.46. The number of amides is 3. The summed E-state index contributed by atoms with van der Waals surface area (Å²) in [6.45, 7) is 2.41. The molecule has 0 bridgehead atoms. The van der Waals surface area contributed by atoms with Crippen molar-refractivity contribution in [2.24, 2.45) is 11.8 Å². The summed E-state index contributed by atoms with van der Waals surface area (Å²) in [5, 5.41) is 2.87. The summed E-state index contributed by atoms with van der Waals surface area (Å²) in [4.78, 5) is 43.7. The number of hydrogen-bond donors (Lipinski definition) is 1. The fourth-order valence-electron chi connectivity index (χ4n) is 6.46. The molecule has 0 aromatic heterocycles. The van der Waals surface area contributed by atoms with Gasteiger partial charge in [0.15, 0.2) is 0 Å². The van der Waals surface area contributed by atoms with Crippen molar-refractivity contribution in [2.75, 3.05) is 16.8 Å². The molecule has 3 amide bonds. The van der Waals surface area contributed by atoms with Gasteiger partial charge in [-0.3, -0.25) is 19.3 Å². The molecule has 1 spiro atoms. The molecular formula is C24H20F3N3O3. The van der Waals surface area contributed by atoms with E-state index in [4.69, 9.17) is 0 Å². The Labute approximate surface area is 187 Å². The Kier molecular flexibility index (Phi) is 3.98. The van der Waals surface area contributed by atoms with Crippen LogP contribution in [0.5, 0.6) is 0 Å². The van der Waals surface area contributed by atoms with Crippen LogP contribution in [0.15, 0.2) is 42.5 Å². The summed E-state index contributed by atoms with van der Waals surface area (Å²) in [5.74, 6) is -3.77. The number of para-hydroxylation sites is 1. The molecule has 3 saturated heterocycles.